The third-order valence-electron chi connectivity index (χ3n) is 3.63. The SMILES string of the molecule is Cl.Cl.O=c1cc(C2CCNC2)nc(N2CCCC2)[nH]1. The van der Waals surface area contributed by atoms with E-state index >= 15 is 0 Å². The molecule has 3 rings (SSSR count). The normalized spacial score (nSPS) is 21.9. The van der Waals surface area contributed by atoms with Crippen LogP contribution in [0.15, 0.2) is 10.9 Å². The van der Waals surface area contributed by atoms with Crippen LogP contribution in [0.2, 0.25) is 0 Å². The van der Waals surface area contributed by atoms with Gasteiger partial charge >= 0.3 is 0 Å². The molecule has 1 aromatic heterocycles. The largest absolute Gasteiger partial charge is 0.342 e. The lowest BCUT2D eigenvalue weighted by molar-refractivity contribution is 0.721. The summed E-state index contributed by atoms with van der Waals surface area (Å²) in [6, 6.07) is 1.65. The molecule has 0 aromatic carbocycles. The minimum absolute atomic E-state index is 0. The van der Waals surface area contributed by atoms with Gasteiger partial charge in [0, 0.05) is 31.6 Å². The van der Waals surface area contributed by atoms with E-state index in [1.807, 2.05) is 0 Å². The smallest absolute Gasteiger partial charge is 0.252 e. The van der Waals surface area contributed by atoms with Crippen molar-refractivity contribution in [3.63, 3.8) is 0 Å². The van der Waals surface area contributed by atoms with Crippen LogP contribution in [0.3, 0.4) is 0 Å². The number of hydrogen-bond donors (Lipinski definition) is 2. The van der Waals surface area contributed by atoms with Gasteiger partial charge in [-0.3, -0.25) is 9.78 Å². The van der Waals surface area contributed by atoms with Gasteiger partial charge in [-0.25, -0.2) is 4.98 Å². The van der Waals surface area contributed by atoms with Crippen molar-refractivity contribution in [1.29, 1.82) is 0 Å². The third-order valence-corrected chi connectivity index (χ3v) is 3.63. The van der Waals surface area contributed by atoms with Gasteiger partial charge in [0.15, 0.2) is 0 Å². The molecule has 0 radical (unpaired) electrons. The second-order valence-corrected chi connectivity index (χ2v) is 4.88. The molecule has 0 amide bonds. The summed E-state index contributed by atoms with van der Waals surface area (Å²) in [5.41, 5.74) is 0.921. The summed E-state index contributed by atoms with van der Waals surface area (Å²) in [7, 11) is 0. The number of aromatic nitrogens is 2. The number of anilines is 1. The van der Waals surface area contributed by atoms with Crippen LogP contribution in [0.25, 0.3) is 0 Å². The first kappa shape index (κ1) is 16.3. The second kappa shape index (κ2) is 7.12. The number of aromatic amines is 1. The van der Waals surface area contributed by atoms with Gasteiger partial charge in [0.1, 0.15) is 0 Å². The van der Waals surface area contributed by atoms with Crippen molar-refractivity contribution in [3.05, 3.63) is 22.1 Å². The van der Waals surface area contributed by atoms with Crippen molar-refractivity contribution in [3.8, 4) is 0 Å². The zero-order valence-electron chi connectivity index (χ0n) is 10.7. The van der Waals surface area contributed by atoms with Crippen LogP contribution in [0.1, 0.15) is 30.9 Å². The van der Waals surface area contributed by atoms with Crippen LogP contribution < -0.4 is 15.8 Å². The maximum absolute atomic E-state index is 11.7. The Labute approximate surface area is 125 Å². The molecule has 2 fully saturated rings. The first-order valence-electron chi connectivity index (χ1n) is 6.40. The summed E-state index contributed by atoms with van der Waals surface area (Å²) in [5, 5.41) is 3.31. The number of hydrogen-bond acceptors (Lipinski definition) is 4. The fraction of sp³-hybridized carbons (Fsp3) is 0.667. The first-order valence-corrected chi connectivity index (χ1v) is 6.40. The van der Waals surface area contributed by atoms with Crippen LogP contribution >= 0.6 is 24.8 Å². The van der Waals surface area contributed by atoms with Gasteiger partial charge < -0.3 is 10.2 Å². The molecule has 19 heavy (non-hydrogen) atoms. The van der Waals surface area contributed by atoms with Crippen LogP contribution in [-0.2, 0) is 0 Å². The summed E-state index contributed by atoms with van der Waals surface area (Å²) >= 11 is 0. The standard InChI is InChI=1S/C12H18N4O.2ClH/c17-11-7-10(9-3-4-13-8-9)14-12(15-11)16-5-1-2-6-16;;/h7,9,13H,1-6,8H2,(H,14,15,17);2*1H. The number of nitrogens with one attached hydrogen (secondary N) is 2. The predicted molar refractivity (Wildman–Crippen MR) is 81.0 cm³/mol. The van der Waals surface area contributed by atoms with Gasteiger partial charge in [-0.15, -0.1) is 24.8 Å². The Balaban J connectivity index is 0.000000902. The van der Waals surface area contributed by atoms with Crippen LogP contribution in [0, 0.1) is 0 Å². The summed E-state index contributed by atoms with van der Waals surface area (Å²) in [6.07, 6.45) is 3.47. The number of H-pyrrole nitrogens is 1. The molecule has 0 aliphatic carbocycles. The Morgan fingerprint density at radius 3 is 2.63 bits per heavy atom. The van der Waals surface area contributed by atoms with Crippen LogP contribution in [0.4, 0.5) is 5.95 Å². The molecule has 0 spiro atoms. The average Bonchev–Trinajstić information content (AvgIpc) is 3.02. The van der Waals surface area contributed by atoms with Crippen molar-refractivity contribution < 1.29 is 0 Å². The Kier molecular flexibility index (Phi) is 6.10. The van der Waals surface area contributed by atoms with E-state index in [0.717, 1.165) is 44.2 Å². The van der Waals surface area contributed by atoms with Gasteiger partial charge in [-0.05, 0) is 25.8 Å². The average molecular weight is 307 g/mol. The summed E-state index contributed by atoms with van der Waals surface area (Å²) < 4.78 is 0. The van der Waals surface area contributed by atoms with E-state index in [1.165, 1.54) is 12.8 Å². The monoisotopic (exact) mass is 306 g/mol. The molecule has 0 saturated carbocycles. The molecule has 1 unspecified atom stereocenters. The van der Waals surface area contributed by atoms with Crippen molar-refractivity contribution in [1.82, 2.24) is 15.3 Å². The number of halogens is 2. The molecule has 2 aliphatic heterocycles. The molecule has 108 valence electrons. The highest BCUT2D eigenvalue weighted by Crippen LogP contribution is 2.21. The molecule has 7 heteroatoms. The Morgan fingerprint density at radius 1 is 1.26 bits per heavy atom. The molecule has 2 saturated heterocycles. The highest BCUT2D eigenvalue weighted by Gasteiger charge is 2.21. The third kappa shape index (κ3) is 3.61. The van der Waals surface area contributed by atoms with E-state index in [0.29, 0.717) is 5.92 Å². The van der Waals surface area contributed by atoms with E-state index in [1.54, 1.807) is 6.07 Å². The van der Waals surface area contributed by atoms with Crippen molar-refractivity contribution >= 4 is 30.8 Å². The zero-order chi connectivity index (χ0) is 11.7. The highest BCUT2D eigenvalue weighted by molar-refractivity contribution is 5.85. The molecular formula is C12H20Cl2N4O. The van der Waals surface area contributed by atoms with Crippen molar-refractivity contribution in [2.45, 2.75) is 25.2 Å². The van der Waals surface area contributed by atoms with E-state index in [9.17, 15) is 4.79 Å². The number of nitrogens with zero attached hydrogens (tertiary/aromatic N) is 2. The molecule has 3 heterocycles. The minimum atomic E-state index is -0.0243. The zero-order valence-corrected chi connectivity index (χ0v) is 12.4. The van der Waals surface area contributed by atoms with Gasteiger partial charge in [0.2, 0.25) is 5.95 Å². The molecular weight excluding hydrogens is 287 g/mol. The quantitative estimate of drug-likeness (QED) is 0.864. The molecule has 5 nitrogen and oxygen atoms in total. The lowest BCUT2D eigenvalue weighted by Gasteiger charge is -2.17. The topological polar surface area (TPSA) is 61.0 Å². The predicted octanol–water partition coefficient (Wildman–Crippen LogP) is 1.29. The van der Waals surface area contributed by atoms with Crippen molar-refractivity contribution in [2.24, 2.45) is 0 Å². The van der Waals surface area contributed by atoms with Gasteiger partial charge in [-0.2, -0.15) is 0 Å². The van der Waals surface area contributed by atoms with Crippen LogP contribution in [-0.4, -0.2) is 36.1 Å². The van der Waals surface area contributed by atoms with E-state index in [2.05, 4.69) is 20.2 Å². The fourth-order valence-electron chi connectivity index (χ4n) is 2.66. The maximum Gasteiger partial charge on any atom is 0.252 e. The minimum Gasteiger partial charge on any atom is -0.342 e. The van der Waals surface area contributed by atoms with Gasteiger partial charge in [-0.1, -0.05) is 0 Å². The first-order chi connectivity index (χ1) is 8.33. The Bertz CT molecular complexity index is 416. The van der Waals surface area contributed by atoms with Crippen molar-refractivity contribution in [2.75, 3.05) is 31.1 Å². The number of rotatable bonds is 2. The van der Waals surface area contributed by atoms with Gasteiger partial charge in [0.05, 0.1) is 5.69 Å². The molecule has 0 bridgehead atoms. The highest BCUT2D eigenvalue weighted by atomic mass is 35.5. The van der Waals surface area contributed by atoms with E-state index < -0.39 is 0 Å². The Hall–Kier alpha value is -0.780. The molecule has 2 aliphatic rings. The fourth-order valence-corrected chi connectivity index (χ4v) is 2.66. The molecule has 2 N–H and O–H groups in total. The Morgan fingerprint density at radius 2 is 2.00 bits per heavy atom. The van der Waals surface area contributed by atoms with E-state index in [-0.39, 0.29) is 30.4 Å². The lowest BCUT2D eigenvalue weighted by Crippen LogP contribution is -2.25. The molecule has 1 atom stereocenters. The maximum atomic E-state index is 11.7. The van der Waals surface area contributed by atoms with Gasteiger partial charge in [0.25, 0.3) is 5.56 Å². The second-order valence-electron chi connectivity index (χ2n) is 4.88. The van der Waals surface area contributed by atoms with E-state index in [4.69, 9.17) is 0 Å². The summed E-state index contributed by atoms with van der Waals surface area (Å²) in [5.74, 6) is 1.16. The lowest BCUT2D eigenvalue weighted by atomic mass is 10.1. The van der Waals surface area contributed by atoms with Crippen LogP contribution in [0.5, 0.6) is 0 Å². The summed E-state index contributed by atoms with van der Waals surface area (Å²) in [6.45, 7) is 3.98. The molecule has 1 aromatic rings. The summed E-state index contributed by atoms with van der Waals surface area (Å²) in [4.78, 5) is 21.3.